The molecule has 0 spiro atoms. The fourth-order valence-corrected chi connectivity index (χ4v) is 3.70. The summed E-state index contributed by atoms with van der Waals surface area (Å²) in [6.07, 6.45) is 0. The van der Waals surface area contributed by atoms with E-state index in [-0.39, 0.29) is 0 Å². The molecule has 28 heavy (non-hydrogen) atoms. The van der Waals surface area contributed by atoms with Gasteiger partial charge in [-0.1, -0.05) is 42.5 Å². The van der Waals surface area contributed by atoms with Gasteiger partial charge in [-0.25, -0.2) is 0 Å². The molecule has 0 unspecified atom stereocenters. The van der Waals surface area contributed by atoms with Crippen molar-refractivity contribution in [2.75, 3.05) is 10.6 Å². The first-order valence-corrected chi connectivity index (χ1v) is 9.20. The molecule has 0 aromatic heterocycles. The number of hydrogen-bond donors (Lipinski definition) is 2. The van der Waals surface area contributed by atoms with Crippen molar-refractivity contribution in [1.82, 2.24) is 0 Å². The van der Waals surface area contributed by atoms with Gasteiger partial charge < -0.3 is 20.1 Å². The Kier molecular flexibility index (Phi) is 3.14. The molecule has 0 bridgehead atoms. The van der Waals surface area contributed by atoms with Crippen molar-refractivity contribution in [3.8, 4) is 34.1 Å². The monoisotopic (exact) mass is 364 g/mol. The minimum absolute atomic E-state index is 0.821. The van der Waals surface area contributed by atoms with Crippen molar-refractivity contribution < 1.29 is 9.47 Å². The zero-order valence-electron chi connectivity index (χ0n) is 14.9. The van der Waals surface area contributed by atoms with E-state index in [0.29, 0.717) is 0 Å². The van der Waals surface area contributed by atoms with E-state index in [1.807, 2.05) is 66.7 Å². The summed E-state index contributed by atoms with van der Waals surface area (Å²) in [5, 5.41) is 7.00. The minimum atomic E-state index is 0.821. The maximum absolute atomic E-state index is 6.10. The predicted molar refractivity (Wildman–Crippen MR) is 111 cm³/mol. The zero-order valence-corrected chi connectivity index (χ0v) is 14.9. The average Bonchev–Trinajstić information content (AvgIpc) is 2.75. The lowest BCUT2D eigenvalue weighted by molar-refractivity contribution is 0.481. The fraction of sp³-hybridized carbons (Fsp3) is 0. The third-order valence-corrected chi connectivity index (χ3v) is 5.06. The fourth-order valence-electron chi connectivity index (χ4n) is 3.70. The van der Waals surface area contributed by atoms with E-state index in [0.717, 1.165) is 56.9 Å². The van der Waals surface area contributed by atoms with Crippen LogP contribution >= 0.6 is 0 Å². The summed E-state index contributed by atoms with van der Waals surface area (Å²) < 4.78 is 12.1. The van der Waals surface area contributed by atoms with Crippen LogP contribution in [0.5, 0.6) is 23.0 Å². The van der Waals surface area contributed by atoms with Crippen LogP contribution in [0.4, 0.5) is 22.7 Å². The summed E-state index contributed by atoms with van der Waals surface area (Å²) in [4.78, 5) is 0. The Morgan fingerprint density at radius 1 is 0.500 bits per heavy atom. The lowest BCUT2D eigenvalue weighted by atomic mass is 10.0. The van der Waals surface area contributed by atoms with E-state index in [4.69, 9.17) is 9.47 Å². The Hall–Kier alpha value is -3.92. The number of para-hydroxylation sites is 5. The van der Waals surface area contributed by atoms with Crippen LogP contribution in [0, 0.1) is 0 Å². The standard InChI is InChI=1S/C24H16N2O2/c1-3-9-20-17(7-1)25-19-14-15(12-13-22(19)27-20)16-6-5-11-23-24(16)26-18-8-2-4-10-21(18)28-23/h1-14,25-26H. The molecule has 2 N–H and O–H groups in total. The molecule has 2 aliphatic heterocycles. The summed E-state index contributed by atoms with van der Waals surface area (Å²) in [6, 6.07) is 28.2. The molecule has 6 rings (SSSR count). The smallest absolute Gasteiger partial charge is 0.151 e. The molecule has 0 fully saturated rings. The largest absolute Gasteiger partial charge is 0.453 e. The van der Waals surface area contributed by atoms with Crippen LogP contribution < -0.4 is 20.1 Å². The Morgan fingerprint density at radius 3 is 1.96 bits per heavy atom. The molecule has 2 heterocycles. The van der Waals surface area contributed by atoms with Gasteiger partial charge in [-0.15, -0.1) is 0 Å². The molecule has 4 nitrogen and oxygen atoms in total. The summed E-state index contributed by atoms with van der Waals surface area (Å²) in [5.74, 6) is 3.32. The van der Waals surface area contributed by atoms with Crippen LogP contribution in [0.1, 0.15) is 0 Å². The Labute approximate surface area is 162 Å². The van der Waals surface area contributed by atoms with Gasteiger partial charge in [0.15, 0.2) is 23.0 Å². The van der Waals surface area contributed by atoms with Gasteiger partial charge in [-0.2, -0.15) is 0 Å². The highest BCUT2D eigenvalue weighted by molar-refractivity contribution is 5.90. The van der Waals surface area contributed by atoms with E-state index in [1.165, 1.54) is 0 Å². The van der Waals surface area contributed by atoms with Crippen LogP contribution in [0.15, 0.2) is 84.9 Å². The quantitative estimate of drug-likeness (QED) is 0.328. The topological polar surface area (TPSA) is 42.5 Å². The highest BCUT2D eigenvalue weighted by Gasteiger charge is 2.21. The molecule has 0 saturated carbocycles. The van der Waals surface area contributed by atoms with E-state index >= 15 is 0 Å². The van der Waals surface area contributed by atoms with Crippen molar-refractivity contribution in [3.63, 3.8) is 0 Å². The predicted octanol–water partition coefficient (Wildman–Crippen LogP) is 7.05. The second-order valence-corrected chi connectivity index (χ2v) is 6.84. The Bertz CT molecular complexity index is 1230. The lowest BCUT2D eigenvalue weighted by Crippen LogP contribution is -2.05. The molecule has 0 saturated heterocycles. The van der Waals surface area contributed by atoms with Crippen LogP contribution in [0.3, 0.4) is 0 Å². The SMILES string of the molecule is c1ccc2c(c1)Nc1cc(-c3cccc4c3Nc3ccccc3O4)ccc1O2. The molecule has 0 radical (unpaired) electrons. The summed E-state index contributed by atoms with van der Waals surface area (Å²) in [6.45, 7) is 0. The van der Waals surface area contributed by atoms with Gasteiger partial charge >= 0.3 is 0 Å². The first kappa shape index (κ1) is 15.2. The highest BCUT2D eigenvalue weighted by Crippen LogP contribution is 2.48. The number of ether oxygens (including phenoxy) is 2. The number of anilines is 4. The van der Waals surface area contributed by atoms with Crippen molar-refractivity contribution in [2.45, 2.75) is 0 Å². The van der Waals surface area contributed by atoms with Crippen LogP contribution in [-0.2, 0) is 0 Å². The second kappa shape index (κ2) is 5.79. The van der Waals surface area contributed by atoms with Gasteiger partial charge in [-0.05, 0) is 48.0 Å². The number of nitrogens with one attached hydrogen (secondary N) is 2. The van der Waals surface area contributed by atoms with Crippen molar-refractivity contribution in [1.29, 1.82) is 0 Å². The number of fused-ring (bicyclic) bond motifs is 4. The maximum atomic E-state index is 6.10. The molecule has 4 aromatic carbocycles. The number of hydrogen-bond acceptors (Lipinski definition) is 4. The Balaban J connectivity index is 1.43. The number of benzene rings is 4. The van der Waals surface area contributed by atoms with Gasteiger partial charge in [0, 0.05) is 5.56 Å². The minimum Gasteiger partial charge on any atom is -0.453 e. The van der Waals surface area contributed by atoms with Gasteiger partial charge in [0.1, 0.15) is 0 Å². The lowest BCUT2D eigenvalue weighted by Gasteiger charge is -2.25. The molecule has 2 aliphatic rings. The Morgan fingerprint density at radius 2 is 1.14 bits per heavy atom. The van der Waals surface area contributed by atoms with E-state index in [1.54, 1.807) is 0 Å². The van der Waals surface area contributed by atoms with E-state index in [2.05, 4.69) is 28.8 Å². The van der Waals surface area contributed by atoms with Gasteiger partial charge in [0.25, 0.3) is 0 Å². The third kappa shape index (κ3) is 2.32. The first-order chi connectivity index (χ1) is 13.8. The van der Waals surface area contributed by atoms with E-state index in [9.17, 15) is 0 Å². The molecule has 4 aromatic rings. The normalized spacial score (nSPS) is 12.7. The molecule has 0 amide bonds. The first-order valence-electron chi connectivity index (χ1n) is 9.20. The van der Waals surface area contributed by atoms with Gasteiger partial charge in [0.05, 0.1) is 22.7 Å². The van der Waals surface area contributed by atoms with Crippen molar-refractivity contribution in [2.24, 2.45) is 0 Å². The van der Waals surface area contributed by atoms with Crippen molar-refractivity contribution in [3.05, 3.63) is 84.9 Å². The molecule has 4 heteroatoms. The summed E-state index contributed by atoms with van der Waals surface area (Å²) >= 11 is 0. The van der Waals surface area contributed by atoms with E-state index < -0.39 is 0 Å². The molecule has 0 atom stereocenters. The maximum Gasteiger partial charge on any atom is 0.151 e. The zero-order chi connectivity index (χ0) is 18.5. The summed E-state index contributed by atoms with van der Waals surface area (Å²) in [7, 11) is 0. The third-order valence-electron chi connectivity index (χ3n) is 5.06. The van der Waals surface area contributed by atoms with Crippen molar-refractivity contribution >= 4 is 22.7 Å². The molecular formula is C24H16N2O2. The second-order valence-electron chi connectivity index (χ2n) is 6.84. The average molecular weight is 364 g/mol. The molecule has 134 valence electrons. The van der Waals surface area contributed by atoms with Gasteiger partial charge in [-0.3, -0.25) is 0 Å². The molecular weight excluding hydrogens is 348 g/mol. The molecule has 0 aliphatic carbocycles. The highest BCUT2D eigenvalue weighted by atomic mass is 16.5. The van der Waals surface area contributed by atoms with Crippen LogP contribution in [0.25, 0.3) is 11.1 Å². The van der Waals surface area contributed by atoms with Gasteiger partial charge in [0.2, 0.25) is 0 Å². The van der Waals surface area contributed by atoms with Crippen LogP contribution in [-0.4, -0.2) is 0 Å². The summed E-state index contributed by atoms with van der Waals surface area (Å²) in [5.41, 5.74) is 6.02. The van der Waals surface area contributed by atoms with Crippen LogP contribution in [0.2, 0.25) is 0 Å². The number of rotatable bonds is 1.